The fraction of sp³-hybridized carbons (Fsp3) is 0.308. The van der Waals surface area contributed by atoms with Crippen LogP contribution in [0.1, 0.15) is 56.2 Å². The van der Waals surface area contributed by atoms with E-state index in [1.54, 1.807) is 37.3 Å². The Morgan fingerprint density at radius 2 is 1.94 bits per heavy atom. The summed E-state index contributed by atoms with van der Waals surface area (Å²) in [5, 5.41) is 9.71. The van der Waals surface area contributed by atoms with Crippen molar-refractivity contribution in [3.8, 4) is 17.4 Å². The second kappa shape index (κ2) is 11.0. The molecule has 176 valence electrons. The highest BCUT2D eigenvalue weighted by Crippen LogP contribution is 2.31. The largest absolute Gasteiger partial charge is 0.462 e. The zero-order valence-corrected chi connectivity index (χ0v) is 20.1. The van der Waals surface area contributed by atoms with Gasteiger partial charge in [-0.25, -0.2) is 4.79 Å². The molecule has 1 aliphatic heterocycles. The van der Waals surface area contributed by atoms with Gasteiger partial charge < -0.3 is 9.15 Å². The van der Waals surface area contributed by atoms with Gasteiger partial charge in [-0.15, -0.1) is 0 Å². The van der Waals surface area contributed by atoms with E-state index in [4.69, 9.17) is 20.8 Å². The van der Waals surface area contributed by atoms with Crippen molar-refractivity contribution in [2.45, 2.75) is 40.0 Å². The average Bonchev–Trinajstić information content (AvgIpc) is 3.29. The number of esters is 1. The summed E-state index contributed by atoms with van der Waals surface area (Å²) in [6.07, 6.45) is 3.76. The van der Waals surface area contributed by atoms with Crippen LogP contribution in [0.2, 0.25) is 5.02 Å². The van der Waals surface area contributed by atoms with Crippen LogP contribution in [-0.4, -0.2) is 35.8 Å². The summed E-state index contributed by atoms with van der Waals surface area (Å²) in [5.41, 5.74) is 1.32. The first-order valence-electron chi connectivity index (χ1n) is 11.1. The van der Waals surface area contributed by atoms with Gasteiger partial charge in [-0.2, -0.15) is 5.26 Å². The molecule has 0 fully saturated rings. The molecule has 1 aromatic heterocycles. The van der Waals surface area contributed by atoms with Crippen molar-refractivity contribution < 1.29 is 23.5 Å². The molecule has 0 spiro atoms. The van der Waals surface area contributed by atoms with Crippen LogP contribution in [0.15, 0.2) is 51.5 Å². The predicted molar refractivity (Wildman–Crippen MR) is 128 cm³/mol. The molecule has 0 aliphatic carbocycles. The Hall–Kier alpha value is -3.63. The topological polar surface area (TPSA) is 101 Å². The normalized spacial score (nSPS) is 15.1. The molecule has 8 heteroatoms. The molecule has 34 heavy (non-hydrogen) atoms. The van der Waals surface area contributed by atoms with Gasteiger partial charge in [0.2, 0.25) is 0 Å². The van der Waals surface area contributed by atoms with Crippen LogP contribution in [0.5, 0.6) is 0 Å². The summed E-state index contributed by atoms with van der Waals surface area (Å²) in [5.74, 6) is -0.734. The van der Waals surface area contributed by atoms with Gasteiger partial charge in [0.1, 0.15) is 23.2 Å². The van der Waals surface area contributed by atoms with E-state index in [2.05, 4.69) is 0 Å². The minimum atomic E-state index is -0.580. The fourth-order valence-corrected chi connectivity index (χ4v) is 3.70. The maximum Gasteiger partial charge on any atom is 0.339 e. The van der Waals surface area contributed by atoms with Gasteiger partial charge in [0.15, 0.2) is 0 Å². The van der Waals surface area contributed by atoms with Crippen molar-refractivity contribution in [1.29, 1.82) is 5.26 Å². The maximum atomic E-state index is 12.9. The third kappa shape index (κ3) is 5.13. The third-order valence-corrected chi connectivity index (χ3v) is 5.72. The smallest absolute Gasteiger partial charge is 0.339 e. The number of carbonyl (C=O) groups is 3. The zero-order chi connectivity index (χ0) is 24.8. The number of hydrogen-bond acceptors (Lipinski definition) is 6. The molecule has 2 aromatic rings. The van der Waals surface area contributed by atoms with Crippen LogP contribution < -0.4 is 0 Å². The molecule has 1 aromatic carbocycles. The lowest BCUT2D eigenvalue weighted by Crippen LogP contribution is -2.43. The molecule has 2 heterocycles. The van der Waals surface area contributed by atoms with Crippen LogP contribution in [0, 0.1) is 11.3 Å². The maximum absolute atomic E-state index is 12.9. The van der Waals surface area contributed by atoms with Crippen LogP contribution in [0.3, 0.4) is 0 Å². The molecular weight excluding hydrogens is 456 g/mol. The van der Waals surface area contributed by atoms with Crippen molar-refractivity contribution in [2.24, 2.45) is 0 Å². The minimum absolute atomic E-state index is 0.0602. The number of hydrogen-bond donors (Lipinski definition) is 0. The predicted octanol–water partition coefficient (Wildman–Crippen LogP) is 5.56. The molecule has 2 amide bonds. The van der Waals surface area contributed by atoms with Gasteiger partial charge in [0.05, 0.1) is 17.2 Å². The number of furan rings is 1. The number of nitriles is 1. The molecule has 0 radical (unpaired) electrons. The minimum Gasteiger partial charge on any atom is -0.462 e. The Balaban J connectivity index is 1.94. The van der Waals surface area contributed by atoms with Gasteiger partial charge in [-0.3, -0.25) is 14.5 Å². The number of amides is 2. The summed E-state index contributed by atoms with van der Waals surface area (Å²) >= 11 is 6.19. The molecule has 0 saturated carbocycles. The van der Waals surface area contributed by atoms with Crippen molar-refractivity contribution in [3.63, 3.8) is 0 Å². The number of imide groups is 1. The molecule has 0 atom stereocenters. The van der Waals surface area contributed by atoms with E-state index in [1.165, 1.54) is 6.08 Å². The Morgan fingerprint density at radius 3 is 2.62 bits per heavy atom. The summed E-state index contributed by atoms with van der Waals surface area (Å²) in [4.78, 5) is 38.9. The highest BCUT2D eigenvalue weighted by Gasteiger charge is 2.35. The third-order valence-electron chi connectivity index (χ3n) is 5.39. The second-order valence-electron chi connectivity index (χ2n) is 7.82. The van der Waals surface area contributed by atoms with Gasteiger partial charge in [-0.05, 0) is 61.7 Å². The second-order valence-corrected chi connectivity index (χ2v) is 8.23. The van der Waals surface area contributed by atoms with E-state index in [-0.39, 0.29) is 28.3 Å². The van der Waals surface area contributed by atoms with Crippen molar-refractivity contribution in [3.05, 3.63) is 63.4 Å². The quantitative estimate of drug-likeness (QED) is 0.212. The van der Waals surface area contributed by atoms with Crippen molar-refractivity contribution in [1.82, 2.24) is 4.90 Å². The average molecular weight is 481 g/mol. The van der Waals surface area contributed by atoms with Crippen LogP contribution in [0.25, 0.3) is 17.4 Å². The van der Waals surface area contributed by atoms with Crippen molar-refractivity contribution in [2.75, 3.05) is 13.2 Å². The first-order valence-corrected chi connectivity index (χ1v) is 11.5. The number of carbonyl (C=O) groups excluding carboxylic acids is 3. The van der Waals surface area contributed by atoms with Crippen LogP contribution in [0.4, 0.5) is 0 Å². The molecule has 3 rings (SSSR count). The monoisotopic (exact) mass is 480 g/mol. The van der Waals surface area contributed by atoms with E-state index in [0.29, 0.717) is 35.7 Å². The number of rotatable bonds is 8. The van der Waals surface area contributed by atoms with E-state index >= 15 is 0 Å². The molecule has 0 saturated heterocycles. The Bertz CT molecular complexity index is 1230. The highest BCUT2D eigenvalue weighted by molar-refractivity contribution is 6.33. The Morgan fingerprint density at radius 1 is 1.18 bits per heavy atom. The van der Waals surface area contributed by atoms with E-state index in [0.717, 1.165) is 17.7 Å². The first-order chi connectivity index (χ1) is 16.3. The lowest BCUT2D eigenvalue weighted by Gasteiger charge is -2.26. The molecule has 0 unspecified atom stereocenters. The number of benzene rings is 1. The van der Waals surface area contributed by atoms with Crippen LogP contribution >= 0.6 is 11.6 Å². The van der Waals surface area contributed by atoms with Gasteiger partial charge in [0.25, 0.3) is 11.8 Å². The molecule has 7 nitrogen and oxygen atoms in total. The lowest BCUT2D eigenvalue weighted by molar-refractivity contribution is -0.140. The van der Waals surface area contributed by atoms with E-state index < -0.39 is 17.8 Å². The highest BCUT2D eigenvalue weighted by atomic mass is 35.5. The zero-order valence-electron chi connectivity index (χ0n) is 19.3. The van der Waals surface area contributed by atoms with Gasteiger partial charge in [0, 0.05) is 17.7 Å². The van der Waals surface area contributed by atoms with Crippen molar-refractivity contribution >= 4 is 35.5 Å². The molecule has 0 N–H and O–H groups in total. The summed E-state index contributed by atoms with van der Waals surface area (Å²) in [7, 11) is 0. The van der Waals surface area contributed by atoms with E-state index in [1.807, 2.05) is 19.9 Å². The summed E-state index contributed by atoms with van der Waals surface area (Å²) in [6, 6.07) is 10.2. The number of nitrogens with zero attached hydrogens (tertiary/aromatic N) is 2. The molecule has 0 bridgehead atoms. The van der Waals surface area contributed by atoms with Crippen LogP contribution in [-0.2, 0) is 14.3 Å². The Kier molecular flexibility index (Phi) is 8.08. The fourth-order valence-electron chi connectivity index (χ4n) is 3.51. The Labute approximate surface area is 203 Å². The number of ether oxygens (including phenoxy) is 1. The van der Waals surface area contributed by atoms with Gasteiger partial charge >= 0.3 is 5.97 Å². The lowest BCUT2D eigenvalue weighted by atomic mass is 9.94. The summed E-state index contributed by atoms with van der Waals surface area (Å²) in [6.45, 7) is 5.96. The standard InChI is InChI=1S/C26H25ClN2O5/c1-4-6-12-33-26(32)20-13-17(7-9-22(20)27)23-10-8-18(34-23)14-19-16(3)21(15-28)25(31)29(11-5-2)24(19)30/h7-10,13-14H,4-6,11-12H2,1-3H3/b19-14+. The van der Waals surface area contributed by atoms with Gasteiger partial charge in [-0.1, -0.05) is 31.9 Å². The van der Waals surface area contributed by atoms with E-state index in [9.17, 15) is 19.6 Å². The number of halogens is 1. The molecular formula is C26H25ClN2O5. The SMILES string of the molecule is CCCCOC(=O)c1cc(-c2ccc(/C=C3/C(=O)N(CCC)C(=O)C(C#N)=C3C)o2)ccc1Cl. The molecule has 1 aliphatic rings. The number of unbranched alkanes of at least 4 members (excludes halogenated alkanes) is 1. The first kappa shape index (κ1) is 25.0. The summed E-state index contributed by atoms with van der Waals surface area (Å²) < 4.78 is 11.2.